The van der Waals surface area contributed by atoms with E-state index in [1.807, 2.05) is 11.8 Å². The van der Waals surface area contributed by atoms with Crippen LogP contribution in [0.1, 0.15) is 35.8 Å². The van der Waals surface area contributed by atoms with Crippen LogP contribution in [-0.2, 0) is 18.0 Å². The fourth-order valence-electron chi connectivity index (χ4n) is 3.68. The Hall–Kier alpha value is -2.55. The van der Waals surface area contributed by atoms with Crippen LogP contribution in [0.3, 0.4) is 0 Å². The van der Waals surface area contributed by atoms with Gasteiger partial charge in [-0.05, 0) is 43.7 Å². The fraction of sp³-hybridized carbons (Fsp3) is 0.474. The summed E-state index contributed by atoms with van der Waals surface area (Å²) in [7, 11) is 1.64. The Bertz CT molecular complexity index is 901. The smallest absolute Gasteiger partial charge is 0.416 e. The van der Waals surface area contributed by atoms with Gasteiger partial charge in [-0.25, -0.2) is 0 Å². The minimum atomic E-state index is -4.44. The molecule has 1 heterocycles. The molecule has 9 heteroatoms. The van der Waals surface area contributed by atoms with Crippen molar-refractivity contribution in [2.75, 3.05) is 13.1 Å². The standard InChI is InChI=1S/C19H22F3N3O3/c1-3-25(10-17(26)27)14-8-13(9-14)23-18(28)16-7-11-6-12(19(20,21)22)4-5-15(11)24(16)2/h4-7,13-14H,3,8-10H2,1-2H3,(H,23,28)(H,26,27). The topological polar surface area (TPSA) is 74.6 Å². The van der Waals surface area contributed by atoms with Gasteiger partial charge in [0.15, 0.2) is 0 Å². The van der Waals surface area contributed by atoms with E-state index in [0.717, 1.165) is 12.1 Å². The molecule has 0 aliphatic heterocycles. The van der Waals surface area contributed by atoms with Gasteiger partial charge in [-0.1, -0.05) is 6.92 Å². The quantitative estimate of drug-likeness (QED) is 0.786. The summed E-state index contributed by atoms with van der Waals surface area (Å²) < 4.78 is 40.2. The van der Waals surface area contributed by atoms with E-state index >= 15 is 0 Å². The van der Waals surface area contributed by atoms with Crippen LogP contribution in [0.2, 0.25) is 0 Å². The summed E-state index contributed by atoms with van der Waals surface area (Å²) in [5, 5.41) is 12.2. The number of nitrogens with zero attached hydrogens (tertiary/aromatic N) is 2. The molecule has 0 spiro atoms. The maximum atomic E-state index is 12.9. The number of rotatable bonds is 6. The third kappa shape index (κ3) is 3.99. The number of alkyl halides is 3. The van der Waals surface area contributed by atoms with Crippen LogP contribution in [0.25, 0.3) is 10.9 Å². The summed E-state index contributed by atoms with van der Waals surface area (Å²) in [4.78, 5) is 25.3. The van der Waals surface area contributed by atoms with Gasteiger partial charge in [0.05, 0.1) is 12.1 Å². The molecule has 1 aromatic carbocycles. The van der Waals surface area contributed by atoms with Crippen LogP contribution in [-0.4, -0.2) is 51.6 Å². The van der Waals surface area contributed by atoms with Gasteiger partial charge in [-0.3, -0.25) is 14.5 Å². The highest BCUT2D eigenvalue weighted by Crippen LogP contribution is 2.32. The number of carboxylic acids is 1. The zero-order valence-corrected chi connectivity index (χ0v) is 15.6. The normalized spacial score (nSPS) is 19.6. The SMILES string of the molecule is CCN(CC(=O)O)C1CC(NC(=O)c2cc3cc(C(F)(F)F)ccc3n2C)C1. The van der Waals surface area contributed by atoms with Crippen LogP contribution >= 0.6 is 0 Å². The zero-order valence-electron chi connectivity index (χ0n) is 15.6. The third-order valence-corrected chi connectivity index (χ3v) is 5.31. The number of halogens is 3. The number of benzene rings is 1. The Labute approximate surface area is 159 Å². The predicted molar refractivity (Wildman–Crippen MR) is 97.1 cm³/mol. The molecular formula is C19H22F3N3O3. The summed E-state index contributed by atoms with van der Waals surface area (Å²) in [6.07, 6.45) is -3.14. The lowest BCUT2D eigenvalue weighted by Gasteiger charge is -2.42. The first-order valence-corrected chi connectivity index (χ1v) is 9.03. The van der Waals surface area contributed by atoms with Crippen molar-refractivity contribution in [2.24, 2.45) is 7.05 Å². The average molecular weight is 397 g/mol. The number of aromatic nitrogens is 1. The van der Waals surface area contributed by atoms with Crippen molar-refractivity contribution in [1.82, 2.24) is 14.8 Å². The van der Waals surface area contributed by atoms with Crippen molar-refractivity contribution in [3.63, 3.8) is 0 Å². The molecule has 2 aromatic rings. The second-order valence-electron chi connectivity index (χ2n) is 7.11. The number of likely N-dealkylation sites (N-methyl/N-ethyl adjacent to an activating group) is 1. The second-order valence-corrected chi connectivity index (χ2v) is 7.11. The molecule has 1 aliphatic carbocycles. The minimum Gasteiger partial charge on any atom is -0.480 e. The molecule has 28 heavy (non-hydrogen) atoms. The lowest BCUT2D eigenvalue weighted by molar-refractivity contribution is -0.139. The van der Waals surface area contributed by atoms with E-state index in [1.54, 1.807) is 11.6 Å². The molecule has 1 amide bonds. The van der Waals surface area contributed by atoms with E-state index in [4.69, 9.17) is 5.11 Å². The molecule has 2 N–H and O–H groups in total. The molecule has 0 unspecified atom stereocenters. The Morgan fingerprint density at radius 3 is 2.54 bits per heavy atom. The molecule has 0 atom stereocenters. The van der Waals surface area contributed by atoms with Crippen molar-refractivity contribution in [3.05, 3.63) is 35.5 Å². The first kappa shape index (κ1) is 20.2. The molecule has 152 valence electrons. The lowest BCUT2D eigenvalue weighted by Crippen LogP contribution is -2.54. The highest BCUT2D eigenvalue weighted by atomic mass is 19.4. The van der Waals surface area contributed by atoms with Crippen LogP contribution in [0.15, 0.2) is 24.3 Å². The van der Waals surface area contributed by atoms with Gasteiger partial charge in [0.2, 0.25) is 0 Å². The van der Waals surface area contributed by atoms with Crippen molar-refractivity contribution in [1.29, 1.82) is 0 Å². The van der Waals surface area contributed by atoms with Gasteiger partial charge in [0.1, 0.15) is 5.69 Å². The number of fused-ring (bicyclic) bond motifs is 1. The Kier molecular flexibility index (Phi) is 5.38. The van der Waals surface area contributed by atoms with Crippen LogP contribution < -0.4 is 5.32 Å². The number of aryl methyl sites for hydroxylation is 1. The summed E-state index contributed by atoms with van der Waals surface area (Å²) >= 11 is 0. The van der Waals surface area contributed by atoms with E-state index in [1.165, 1.54) is 12.1 Å². The number of aliphatic carboxylic acids is 1. The highest BCUT2D eigenvalue weighted by molar-refractivity contribution is 5.99. The minimum absolute atomic E-state index is 0.0351. The van der Waals surface area contributed by atoms with Crippen molar-refractivity contribution in [2.45, 2.75) is 38.0 Å². The van der Waals surface area contributed by atoms with Gasteiger partial charge in [0, 0.05) is 30.0 Å². The van der Waals surface area contributed by atoms with Gasteiger partial charge in [-0.2, -0.15) is 13.2 Å². The van der Waals surface area contributed by atoms with Crippen molar-refractivity contribution in [3.8, 4) is 0 Å². The molecule has 0 saturated heterocycles. The predicted octanol–water partition coefficient (Wildman–Crippen LogP) is 2.86. The van der Waals surface area contributed by atoms with Gasteiger partial charge < -0.3 is 15.0 Å². The Morgan fingerprint density at radius 1 is 1.29 bits per heavy atom. The van der Waals surface area contributed by atoms with Crippen molar-refractivity contribution >= 4 is 22.8 Å². The van der Waals surface area contributed by atoms with Crippen LogP contribution in [0, 0.1) is 0 Å². The van der Waals surface area contributed by atoms with Crippen LogP contribution in [0.4, 0.5) is 13.2 Å². The number of hydrogen-bond acceptors (Lipinski definition) is 3. The molecular weight excluding hydrogens is 375 g/mol. The molecule has 6 nitrogen and oxygen atoms in total. The van der Waals surface area contributed by atoms with E-state index in [9.17, 15) is 22.8 Å². The molecule has 0 radical (unpaired) electrons. The largest absolute Gasteiger partial charge is 0.480 e. The van der Waals surface area contributed by atoms with Gasteiger partial charge >= 0.3 is 12.1 Å². The maximum Gasteiger partial charge on any atom is 0.416 e. The fourth-order valence-corrected chi connectivity index (χ4v) is 3.68. The monoisotopic (exact) mass is 397 g/mol. The molecule has 1 aromatic heterocycles. The number of amides is 1. The molecule has 3 rings (SSSR count). The second kappa shape index (κ2) is 7.46. The average Bonchev–Trinajstić information content (AvgIpc) is 2.91. The van der Waals surface area contributed by atoms with Crippen molar-refractivity contribution < 1.29 is 27.9 Å². The maximum absolute atomic E-state index is 12.9. The van der Waals surface area contributed by atoms with E-state index < -0.39 is 17.7 Å². The number of carbonyl (C=O) groups is 2. The summed E-state index contributed by atoms with van der Waals surface area (Å²) in [5.74, 6) is -1.24. The lowest BCUT2D eigenvalue weighted by atomic mass is 9.85. The number of hydrogen-bond donors (Lipinski definition) is 2. The number of carboxylic acid groups (broad SMARTS) is 1. The first-order valence-electron chi connectivity index (χ1n) is 9.03. The van der Waals surface area contributed by atoms with Crippen LogP contribution in [0.5, 0.6) is 0 Å². The Morgan fingerprint density at radius 2 is 1.96 bits per heavy atom. The highest BCUT2D eigenvalue weighted by Gasteiger charge is 2.35. The third-order valence-electron chi connectivity index (χ3n) is 5.31. The number of carbonyl (C=O) groups excluding carboxylic acids is 1. The van der Waals surface area contributed by atoms with E-state index in [-0.39, 0.29) is 30.2 Å². The first-order chi connectivity index (χ1) is 13.1. The van der Waals surface area contributed by atoms with E-state index in [2.05, 4.69) is 5.32 Å². The summed E-state index contributed by atoms with van der Waals surface area (Å²) in [6, 6.07) is 4.88. The Balaban J connectivity index is 1.68. The molecule has 1 aliphatic rings. The molecule has 1 saturated carbocycles. The summed E-state index contributed by atoms with van der Waals surface area (Å²) in [6.45, 7) is 2.47. The molecule has 0 bridgehead atoms. The van der Waals surface area contributed by atoms with E-state index in [0.29, 0.717) is 30.3 Å². The molecule has 1 fully saturated rings. The van der Waals surface area contributed by atoms with Gasteiger partial charge in [0.25, 0.3) is 5.91 Å². The van der Waals surface area contributed by atoms with Gasteiger partial charge in [-0.15, -0.1) is 0 Å². The summed E-state index contributed by atoms with van der Waals surface area (Å²) in [5.41, 5.74) is 0.0800. The number of nitrogens with one attached hydrogen (secondary N) is 1. The zero-order chi connectivity index (χ0) is 20.6.